The first kappa shape index (κ1) is 17.2. The highest BCUT2D eigenvalue weighted by molar-refractivity contribution is 14.1. The molecule has 2 aromatic rings. The van der Waals surface area contributed by atoms with Crippen molar-refractivity contribution in [3.05, 3.63) is 10.0 Å². The van der Waals surface area contributed by atoms with Gasteiger partial charge in [-0.2, -0.15) is 5.10 Å². The Morgan fingerprint density at radius 1 is 1.42 bits per heavy atom. The summed E-state index contributed by atoms with van der Waals surface area (Å²) in [4.78, 5) is 21.7. The van der Waals surface area contributed by atoms with Crippen molar-refractivity contribution < 1.29 is 9.90 Å². The van der Waals surface area contributed by atoms with E-state index in [1.54, 1.807) is 4.90 Å². The summed E-state index contributed by atoms with van der Waals surface area (Å²) in [7, 11) is 0. The third-order valence-corrected chi connectivity index (χ3v) is 5.28. The summed E-state index contributed by atoms with van der Waals surface area (Å²) in [5.74, 6) is 0.397. The van der Waals surface area contributed by atoms with E-state index in [9.17, 15) is 9.90 Å². The third kappa shape index (κ3) is 2.78. The molecule has 0 radical (unpaired) electrons. The lowest BCUT2D eigenvalue weighted by Crippen LogP contribution is -2.54. The fourth-order valence-electron chi connectivity index (χ4n) is 3.67. The number of piperidine rings is 1. The van der Waals surface area contributed by atoms with Crippen LogP contribution in [-0.4, -0.2) is 48.4 Å². The molecule has 0 bridgehead atoms. The Morgan fingerprint density at radius 2 is 2.12 bits per heavy atom. The zero-order chi connectivity index (χ0) is 17.6. The molecule has 130 valence electrons. The molecule has 3 rings (SSSR count). The lowest BCUT2D eigenvalue weighted by molar-refractivity contribution is 0.0247. The molecule has 3 N–H and O–H groups in total. The second-order valence-corrected chi connectivity index (χ2v) is 8.21. The van der Waals surface area contributed by atoms with Gasteiger partial charge in [0.1, 0.15) is 15.8 Å². The van der Waals surface area contributed by atoms with Gasteiger partial charge in [-0.25, -0.2) is 19.4 Å². The van der Waals surface area contributed by atoms with Crippen molar-refractivity contribution in [2.24, 2.45) is 5.41 Å². The number of hydrogen-bond acceptors (Lipinski definition) is 5. The van der Waals surface area contributed by atoms with E-state index < -0.39 is 6.09 Å². The predicted octanol–water partition coefficient (Wildman–Crippen LogP) is 2.74. The molecule has 9 heteroatoms. The van der Waals surface area contributed by atoms with Crippen LogP contribution in [0.4, 0.5) is 10.6 Å². The summed E-state index contributed by atoms with van der Waals surface area (Å²) in [5.41, 5.74) is 6.42. The van der Waals surface area contributed by atoms with E-state index in [1.807, 2.05) is 4.68 Å². The van der Waals surface area contributed by atoms with Crippen molar-refractivity contribution in [2.45, 2.75) is 45.7 Å². The fraction of sp³-hybridized carbons (Fsp3) is 0.600. The van der Waals surface area contributed by atoms with Gasteiger partial charge in [0.25, 0.3) is 0 Å². The standard InChI is InChI=1S/C15H21IN6O2/c1-15(2,3)10-8(5-4-6-21(10)14(23)24)22-13-9(11(16)20-22)12(17)18-7-19-13/h7-8,10H,4-6H2,1-3H3,(H,23,24)(H2,17,18,19)/t8-,10?/m1/s1. The molecule has 24 heavy (non-hydrogen) atoms. The Morgan fingerprint density at radius 3 is 2.75 bits per heavy atom. The first-order valence-corrected chi connectivity index (χ1v) is 8.93. The summed E-state index contributed by atoms with van der Waals surface area (Å²) in [5, 5.41) is 15.0. The number of nitrogens with zero attached hydrogens (tertiary/aromatic N) is 5. The van der Waals surface area contributed by atoms with Crippen LogP contribution in [0.5, 0.6) is 0 Å². The van der Waals surface area contributed by atoms with E-state index in [-0.39, 0.29) is 17.5 Å². The average molecular weight is 444 g/mol. The Labute approximate surface area is 153 Å². The number of likely N-dealkylation sites (tertiary alicyclic amines) is 1. The molecule has 1 fully saturated rings. The Bertz CT molecular complexity index is 784. The van der Waals surface area contributed by atoms with Crippen molar-refractivity contribution in [2.75, 3.05) is 12.3 Å². The molecular weight excluding hydrogens is 423 g/mol. The van der Waals surface area contributed by atoms with Crippen LogP contribution in [0.1, 0.15) is 39.7 Å². The van der Waals surface area contributed by atoms with Crippen LogP contribution in [0, 0.1) is 9.12 Å². The van der Waals surface area contributed by atoms with Gasteiger partial charge in [0.15, 0.2) is 5.65 Å². The number of nitrogen functional groups attached to an aromatic ring is 1. The molecule has 1 unspecified atom stereocenters. The first-order valence-electron chi connectivity index (χ1n) is 7.85. The molecule has 2 atom stereocenters. The largest absolute Gasteiger partial charge is 0.465 e. The van der Waals surface area contributed by atoms with Gasteiger partial charge in [0, 0.05) is 6.54 Å². The minimum Gasteiger partial charge on any atom is -0.465 e. The molecule has 0 saturated carbocycles. The lowest BCUT2D eigenvalue weighted by Gasteiger charge is -2.46. The lowest BCUT2D eigenvalue weighted by atomic mass is 9.77. The minimum atomic E-state index is -0.889. The highest BCUT2D eigenvalue weighted by Gasteiger charge is 2.43. The predicted molar refractivity (Wildman–Crippen MR) is 98.7 cm³/mol. The molecule has 1 saturated heterocycles. The van der Waals surface area contributed by atoms with Gasteiger partial charge in [-0.3, -0.25) is 0 Å². The number of carboxylic acid groups (broad SMARTS) is 1. The van der Waals surface area contributed by atoms with Gasteiger partial charge in [-0.05, 0) is 40.8 Å². The smallest absolute Gasteiger partial charge is 0.407 e. The second kappa shape index (κ2) is 6.01. The van der Waals surface area contributed by atoms with E-state index in [4.69, 9.17) is 5.73 Å². The number of anilines is 1. The average Bonchev–Trinajstić information content (AvgIpc) is 2.84. The minimum absolute atomic E-state index is 0.0878. The fourth-order valence-corrected chi connectivity index (χ4v) is 4.42. The van der Waals surface area contributed by atoms with Crippen LogP contribution >= 0.6 is 22.6 Å². The van der Waals surface area contributed by atoms with Crippen molar-refractivity contribution in [3.8, 4) is 0 Å². The molecule has 1 amide bonds. The van der Waals surface area contributed by atoms with Gasteiger partial charge in [-0.15, -0.1) is 0 Å². The van der Waals surface area contributed by atoms with E-state index in [2.05, 4.69) is 58.4 Å². The Kier molecular flexibility index (Phi) is 4.30. The van der Waals surface area contributed by atoms with Crippen molar-refractivity contribution in [3.63, 3.8) is 0 Å². The zero-order valence-electron chi connectivity index (χ0n) is 13.9. The van der Waals surface area contributed by atoms with E-state index in [0.29, 0.717) is 18.0 Å². The number of carbonyl (C=O) groups is 1. The molecule has 0 aliphatic carbocycles. The Balaban J connectivity index is 2.16. The van der Waals surface area contributed by atoms with Crippen molar-refractivity contribution in [1.29, 1.82) is 0 Å². The molecule has 1 aliphatic rings. The maximum atomic E-state index is 11.8. The van der Waals surface area contributed by atoms with Crippen LogP contribution in [0.3, 0.4) is 0 Å². The number of fused-ring (bicyclic) bond motifs is 1. The maximum Gasteiger partial charge on any atom is 0.407 e. The summed E-state index contributed by atoms with van der Waals surface area (Å²) >= 11 is 2.13. The Hall–Kier alpha value is -1.65. The van der Waals surface area contributed by atoms with Crippen LogP contribution in [-0.2, 0) is 0 Å². The van der Waals surface area contributed by atoms with Gasteiger partial charge in [-0.1, -0.05) is 20.8 Å². The van der Waals surface area contributed by atoms with E-state index in [1.165, 1.54) is 6.33 Å². The van der Waals surface area contributed by atoms with Crippen LogP contribution in [0.15, 0.2) is 6.33 Å². The summed E-state index contributed by atoms with van der Waals surface area (Å²) in [6, 6.07) is -0.283. The van der Waals surface area contributed by atoms with Gasteiger partial charge < -0.3 is 15.7 Å². The van der Waals surface area contributed by atoms with Gasteiger partial charge in [0.05, 0.1) is 17.5 Å². The molecule has 0 spiro atoms. The number of halogens is 1. The molecule has 0 aromatic carbocycles. The molecule has 8 nitrogen and oxygen atoms in total. The van der Waals surface area contributed by atoms with E-state index in [0.717, 1.165) is 21.9 Å². The van der Waals surface area contributed by atoms with Crippen LogP contribution in [0.25, 0.3) is 11.0 Å². The number of rotatable bonds is 1. The summed E-state index contributed by atoms with van der Waals surface area (Å²) < 4.78 is 2.58. The highest BCUT2D eigenvalue weighted by Crippen LogP contribution is 2.40. The third-order valence-electron chi connectivity index (χ3n) is 4.52. The quantitative estimate of drug-likeness (QED) is 0.655. The molecular formula is C15H21IN6O2. The van der Waals surface area contributed by atoms with Crippen LogP contribution < -0.4 is 5.73 Å². The SMILES string of the molecule is CC(C)(C)C1[C@H](n2nc(I)c3c(N)ncnc32)CCCN1C(=O)O. The second-order valence-electron chi connectivity index (χ2n) is 7.19. The molecule has 1 aliphatic heterocycles. The number of hydrogen-bond donors (Lipinski definition) is 2. The van der Waals surface area contributed by atoms with Gasteiger partial charge in [0.2, 0.25) is 0 Å². The normalized spacial score (nSPS) is 22.1. The first-order chi connectivity index (χ1) is 11.2. The van der Waals surface area contributed by atoms with Crippen LogP contribution in [0.2, 0.25) is 0 Å². The summed E-state index contributed by atoms with van der Waals surface area (Å²) in [6.07, 6.45) is 2.18. The van der Waals surface area contributed by atoms with Crippen molar-refractivity contribution >= 4 is 45.5 Å². The summed E-state index contributed by atoms with van der Waals surface area (Å²) in [6.45, 7) is 6.73. The van der Waals surface area contributed by atoms with Crippen molar-refractivity contribution in [1.82, 2.24) is 24.6 Å². The maximum absolute atomic E-state index is 11.8. The monoisotopic (exact) mass is 444 g/mol. The molecule has 2 aromatic heterocycles. The number of amides is 1. The highest BCUT2D eigenvalue weighted by atomic mass is 127. The zero-order valence-corrected chi connectivity index (χ0v) is 16.1. The number of aromatic nitrogens is 4. The van der Waals surface area contributed by atoms with Gasteiger partial charge >= 0.3 is 6.09 Å². The topological polar surface area (TPSA) is 110 Å². The molecule has 3 heterocycles. The number of nitrogens with two attached hydrogens (primary N) is 1. The van der Waals surface area contributed by atoms with E-state index >= 15 is 0 Å².